The number of hydrogen-bond donors (Lipinski definition) is 2. The van der Waals surface area contributed by atoms with Crippen molar-refractivity contribution < 1.29 is 24.2 Å². The number of amides is 2. The maximum atomic E-state index is 13.4. The normalized spacial score (nSPS) is 16.2. The number of nitrogens with zero attached hydrogens (tertiary/aromatic N) is 1. The number of rotatable bonds is 15. The van der Waals surface area contributed by atoms with Crippen LogP contribution in [-0.4, -0.2) is 52.6 Å². The number of aliphatic hydroxyl groups is 1. The molecule has 7 nitrogen and oxygen atoms in total. The molecule has 3 rings (SSSR count). The second-order valence-electron chi connectivity index (χ2n) is 11.5. The minimum absolute atomic E-state index is 0.00119. The van der Waals surface area contributed by atoms with E-state index in [1.54, 1.807) is 30.9 Å². The summed E-state index contributed by atoms with van der Waals surface area (Å²) in [7, 11) is 0. The molecule has 7 heteroatoms. The molecule has 2 N–H and O–H groups in total. The number of ether oxygens (including phenoxy) is 1. The smallest absolute Gasteiger partial charge is 0.309 e. The van der Waals surface area contributed by atoms with E-state index in [1.165, 1.54) is 0 Å². The third kappa shape index (κ3) is 9.42. The van der Waals surface area contributed by atoms with E-state index in [2.05, 4.69) is 18.5 Å². The fourth-order valence-corrected chi connectivity index (χ4v) is 5.22. The van der Waals surface area contributed by atoms with Crippen molar-refractivity contribution in [1.29, 1.82) is 0 Å². The van der Waals surface area contributed by atoms with Crippen molar-refractivity contribution in [3.05, 3.63) is 96.6 Å². The van der Waals surface area contributed by atoms with Gasteiger partial charge >= 0.3 is 5.97 Å². The van der Waals surface area contributed by atoms with Gasteiger partial charge in [-0.2, -0.15) is 0 Å². The van der Waals surface area contributed by atoms with Crippen LogP contribution >= 0.6 is 0 Å². The Balaban J connectivity index is 1.60. The molecule has 0 saturated carbocycles. The average molecular weight is 561 g/mol. The highest BCUT2D eigenvalue weighted by atomic mass is 16.5. The molecular weight excluding hydrogens is 516 g/mol. The molecule has 0 fully saturated rings. The Labute approximate surface area is 244 Å². The predicted octanol–water partition coefficient (Wildman–Crippen LogP) is 4.78. The van der Waals surface area contributed by atoms with E-state index < -0.39 is 11.5 Å². The number of benzene rings is 2. The Kier molecular flexibility index (Phi) is 11.9. The zero-order valence-corrected chi connectivity index (χ0v) is 24.4. The summed E-state index contributed by atoms with van der Waals surface area (Å²) in [5.74, 6) is -1.75. The fourth-order valence-electron chi connectivity index (χ4n) is 5.22. The van der Waals surface area contributed by atoms with Crippen LogP contribution in [0.25, 0.3) is 0 Å². The lowest BCUT2D eigenvalue weighted by atomic mass is 9.92. The first-order valence-electron chi connectivity index (χ1n) is 14.4. The molecule has 220 valence electrons. The quantitative estimate of drug-likeness (QED) is 0.242. The Morgan fingerprint density at radius 2 is 1.73 bits per heavy atom. The van der Waals surface area contributed by atoms with Gasteiger partial charge in [-0.25, -0.2) is 0 Å². The van der Waals surface area contributed by atoms with Crippen molar-refractivity contribution in [3.8, 4) is 0 Å². The molecule has 1 aliphatic rings. The summed E-state index contributed by atoms with van der Waals surface area (Å²) in [6.07, 6.45) is 6.21. The topological polar surface area (TPSA) is 95.9 Å². The van der Waals surface area contributed by atoms with Crippen LogP contribution in [0, 0.1) is 11.8 Å². The SMILES string of the molecule is C=CCC[C@H](Cc1ccccc1)C(=O)OCC(C)(C)NC(=O)[C@H](CC=C)CC(=O)N1Cc2ccccc2C[C@H]1CO. The third-order valence-corrected chi connectivity index (χ3v) is 7.54. The second-order valence-corrected chi connectivity index (χ2v) is 11.5. The van der Waals surface area contributed by atoms with E-state index in [4.69, 9.17) is 4.74 Å². The van der Waals surface area contributed by atoms with Crippen molar-refractivity contribution in [2.45, 2.75) is 70.5 Å². The van der Waals surface area contributed by atoms with E-state index >= 15 is 0 Å². The lowest BCUT2D eigenvalue weighted by Gasteiger charge is -2.37. The van der Waals surface area contributed by atoms with Crippen molar-refractivity contribution >= 4 is 17.8 Å². The summed E-state index contributed by atoms with van der Waals surface area (Å²) in [6, 6.07) is 17.4. The zero-order valence-electron chi connectivity index (χ0n) is 24.4. The third-order valence-electron chi connectivity index (χ3n) is 7.54. The largest absolute Gasteiger partial charge is 0.463 e. The molecule has 0 unspecified atom stereocenters. The van der Waals surface area contributed by atoms with Gasteiger partial charge in [-0.1, -0.05) is 66.7 Å². The number of aliphatic hydroxyl groups excluding tert-OH is 1. The van der Waals surface area contributed by atoms with E-state index in [0.717, 1.165) is 16.7 Å². The molecule has 41 heavy (non-hydrogen) atoms. The molecule has 3 atom stereocenters. The van der Waals surface area contributed by atoms with Crippen LogP contribution < -0.4 is 5.32 Å². The van der Waals surface area contributed by atoms with Gasteiger partial charge < -0.3 is 20.1 Å². The molecule has 1 aliphatic heterocycles. The molecule has 0 radical (unpaired) electrons. The molecule has 0 spiro atoms. The number of hydrogen-bond acceptors (Lipinski definition) is 5. The second kappa shape index (κ2) is 15.3. The Morgan fingerprint density at radius 3 is 2.39 bits per heavy atom. The van der Waals surface area contributed by atoms with Gasteiger partial charge in [0.25, 0.3) is 0 Å². The standard InChI is InChI=1S/C34H44N2O5/c1-5-7-16-28(19-25-14-9-8-10-15-25)33(40)41-24-34(3,4)35-32(39)27(13-6-2)21-31(38)36-22-29-18-12-11-17-26(29)20-30(36)23-37/h5-6,8-12,14-15,17-18,27-28,30,37H,1-2,7,13,16,19-24H2,3-4H3,(H,35,39)/t27-,28-,30+/m1/s1. The van der Waals surface area contributed by atoms with Gasteiger partial charge in [0.2, 0.25) is 11.8 Å². The molecule has 0 saturated heterocycles. The highest BCUT2D eigenvalue weighted by Gasteiger charge is 2.34. The van der Waals surface area contributed by atoms with Crippen LogP contribution in [-0.2, 0) is 38.5 Å². The van der Waals surface area contributed by atoms with E-state index in [-0.39, 0.29) is 49.4 Å². The van der Waals surface area contributed by atoms with Gasteiger partial charge in [0, 0.05) is 13.0 Å². The Morgan fingerprint density at radius 1 is 1.05 bits per heavy atom. The molecule has 2 amide bonds. The predicted molar refractivity (Wildman–Crippen MR) is 161 cm³/mol. The molecule has 0 bridgehead atoms. The van der Waals surface area contributed by atoms with Crippen LogP contribution in [0.5, 0.6) is 0 Å². The molecule has 0 aliphatic carbocycles. The first-order valence-corrected chi connectivity index (χ1v) is 14.4. The summed E-state index contributed by atoms with van der Waals surface area (Å²) in [5.41, 5.74) is 2.39. The number of nitrogens with one attached hydrogen (secondary N) is 1. The lowest BCUT2D eigenvalue weighted by molar-refractivity contribution is -0.151. The first kappa shape index (κ1) is 31.8. The maximum Gasteiger partial charge on any atom is 0.309 e. The first-order chi connectivity index (χ1) is 19.7. The molecule has 2 aromatic rings. The number of fused-ring (bicyclic) bond motifs is 1. The van der Waals surface area contributed by atoms with Crippen molar-refractivity contribution in [2.75, 3.05) is 13.2 Å². The monoisotopic (exact) mass is 560 g/mol. The van der Waals surface area contributed by atoms with Gasteiger partial charge in [-0.05, 0) is 62.6 Å². The van der Waals surface area contributed by atoms with Crippen LogP contribution in [0.1, 0.15) is 56.2 Å². The fraction of sp³-hybridized carbons (Fsp3) is 0.441. The van der Waals surface area contributed by atoms with Crippen molar-refractivity contribution in [3.63, 3.8) is 0 Å². The van der Waals surface area contributed by atoms with Gasteiger partial charge in [-0.3, -0.25) is 14.4 Å². The summed E-state index contributed by atoms with van der Waals surface area (Å²) in [5, 5.41) is 13.0. The molecular formula is C34H44N2O5. The van der Waals surface area contributed by atoms with Gasteiger partial charge in [0.15, 0.2) is 0 Å². The zero-order chi connectivity index (χ0) is 29.8. The van der Waals surface area contributed by atoms with Crippen LogP contribution in [0.2, 0.25) is 0 Å². The lowest BCUT2D eigenvalue weighted by Crippen LogP contribution is -2.51. The van der Waals surface area contributed by atoms with Crippen LogP contribution in [0.3, 0.4) is 0 Å². The van der Waals surface area contributed by atoms with Gasteiger partial charge in [0.05, 0.1) is 30.0 Å². The number of carbonyl (C=O) groups is 3. The van der Waals surface area contributed by atoms with Crippen molar-refractivity contribution in [1.82, 2.24) is 10.2 Å². The minimum Gasteiger partial charge on any atom is -0.463 e. The summed E-state index contributed by atoms with van der Waals surface area (Å²) >= 11 is 0. The van der Waals surface area contributed by atoms with Crippen LogP contribution in [0.4, 0.5) is 0 Å². The van der Waals surface area contributed by atoms with Gasteiger partial charge in [0.1, 0.15) is 6.61 Å². The number of allylic oxidation sites excluding steroid dienone is 2. The number of carbonyl (C=O) groups excluding carboxylic acids is 3. The van der Waals surface area contributed by atoms with Crippen molar-refractivity contribution in [2.24, 2.45) is 11.8 Å². The molecule has 1 heterocycles. The minimum atomic E-state index is -0.845. The highest BCUT2D eigenvalue weighted by Crippen LogP contribution is 2.26. The Bertz CT molecular complexity index is 1190. The van der Waals surface area contributed by atoms with E-state index in [0.29, 0.717) is 38.6 Å². The molecule has 2 aromatic carbocycles. The van der Waals surface area contributed by atoms with E-state index in [1.807, 2.05) is 54.6 Å². The molecule has 0 aromatic heterocycles. The van der Waals surface area contributed by atoms with Gasteiger partial charge in [-0.15, -0.1) is 13.2 Å². The highest BCUT2D eigenvalue weighted by molar-refractivity contribution is 5.86. The van der Waals surface area contributed by atoms with E-state index in [9.17, 15) is 19.5 Å². The maximum absolute atomic E-state index is 13.4. The average Bonchev–Trinajstić information content (AvgIpc) is 2.97. The summed E-state index contributed by atoms with van der Waals surface area (Å²) < 4.78 is 5.71. The van der Waals surface area contributed by atoms with Crippen LogP contribution in [0.15, 0.2) is 79.9 Å². The number of esters is 1. The summed E-state index contributed by atoms with van der Waals surface area (Å²) in [6.45, 7) is 11.4. The summed E-state index contributed by atoms with van der Waals surface area (Å²) in [4.78, 5) is 41.4. The Hall–Kier alpha value is -3.71.